The number of carbonyl (C=O) groups excluding carboxylic acids is 1. The Bertz CT molecular complexity index is 615. The van der Waals surface area contributed by atoms with Crippen LogP contribution in [0.15, 0.2) is 30.3 Å². The summed E-state index contributed by atoms with van der Waals surface area (Å²) in [6.07, 6.45) is 6.78. The maximum atomic E-state index is 12.8. The van der Waals surface area contributed by atoms with Gasteiger partial charge in [-0.25, -0.2) is 0 Å². The predicted molar refractivity (Wildman–Crippen MR) is 118 cm³/mol. The molecular weight excluding hydrogens is 360 g/mol. The average Bonchev–Trinajstić information content (AvgIpc) is 3.27. The molecule has 2 aliphatic heterocycles. The number of nitrogens with zero attached hydrogens (tertiary/aromatic N) is 4. The smallest absolute Gasteiger partial charge is 0.236 e. The van der Waals surface area contributed by atoms with E-state index in [1.54, 1.807) is 0 Å². The normalized spacial score (nSPS) is 23.0. The predicted octanol–water partition coefficient (Wildman–Crippen LogP) is 2.18. The highest BCUT2D eigenvalue weighted by molar-refractivity contribution is 5.78. The van der Waals surface area contributed by atoms with Crippen LogP contribution in [0.3, 0.4) is 0 Å². The van der Waals surface area contributed by atoms with Crippen molar-refractivity contribution >= 4 is 5.91 Å². The summed E-state index contributed by atoms with van der Waals surface area (Å²) in [7, 11) is 0. The highest BCUT2D eigenvalue weighted by Gasteiger charge is 2.26. The zero-order valence-electron chi connectivity index (χ0n) is 18.0. The van der Waals surface area contributed by atoms with Crippen molar-refractivity contribution in [3.05, 3.63) is 35.9 Å². The minimum atomic E-state index is 0.336. The summed E-state index contributed by atoms with van der Waals surface area (Å²) in [5, 5.41) is 0. The lowest BCUT2D eigenvalue weighted by molar-refractivity contribution is -0.134. The van der Waals surface area contributed by atoms with Gasteiger partial charge in [-0.1, -0.05) is 43.2 Å². The van der Waals surface area contributed by atoms with Crippen LogP contribution in [0.25, 0.3) is 0 Å². The van der Waals surface area contributed by atoms with E-state index in [2.05, 4.69) is 49.9 Å². The molecule has 5 nitrogen and oxygen atoms in total. The van der Waals surface area contributed by atoms with Crippen molar-refractivity contribution < 1.29 is 4.79 Å². The summed E-state index contributed by atoms with van der Waals surface area (Å²) in [6, 6.07) is 10.7. The standard InChI is InChI=1S/C24H38N4O/c29-24(28-18-16-26(17-19-28)20-23-8-4-5-9-23)21-27-14-12-25(13-15-27)11-10-22-6-2-1-3-7-22/h1-3,6-7,23H,4-5,8-21H2. The number of amides is 1. The highest BCUT2D eigenvalue weighted by atomic mass is 16.2. The third-order valence-electron chi connectivity index (χ3n) is 7.10. The van der Waals surface area contributed by atoms with Crippen molar-refractivity contribution in [3.63, 3.8) is 0 Å². The van der Waals surface area contributed by atoms with Gasteiger partial charge in [0.2, 0.25) is 5.91 Å². The molecule has 1 aromatic rings. The van der Waals surface area contributed by atoms with Gasteiger partial charge >= 0.3 is 0 Å². The number of rotatable bonds is 7. The number of piperazine rings is 2. The Morgan fingerprint density at radius 2 is 1.41 bits per heavy atom. The molecule has 1 aliphatic carbocycles. The molecule has 5 heteroatoms. The molecule has 160 valence electrons. The van der Waals surface area contributed by atoms with Crippen LogP contribution in [0, 0.1) is 5.92 Å². The third kappa shape index (κ3) is 6.27. The fraction of sp³-hybridized carbons (Fsp3) is 0.708. The minimum absolute atomic E-state index is 0.336. The van der Waals surface area contributed by atoms with Crippen LogP contribution in [0.4, 0.5) is 0 Å². The van der Waals surface area contributed by atoms with Crippen molar-refractivity contribution in [2.75, 3.05) is 72.0 Å². The van der Waals surface area contributed by atoms with Crippen LogP contribution in [-0.2, 0) is 11.2 Å². The van der Waals surface area contributed by atoms with Gasteiger partial charge in [0.05, 0.1) is 6.54 Å². The summed E-state index contributed by atoms with van der Waals surface area (Å²) in [6.45, 7) is 11.1. The van der Waals surface area contributed by atoms with Gasteiger partial charge in [-0.15, -0.1) is 0 Å². The lowest BCUT2D eigenvalue weighted by Gasteiger charge is -2.38. The van der Waals surface area contributed by atoms with Gasteiger partial charge in [0, 0.05) is 65.4 Å². The number of benzene rings is 1. The van der Waals surface area contributed by atoms with Gasteiger partial charge in [-0.3, -0.25) is 14.6 Å². The van der Waals surface area contributed by atoms with E-state index in [4.69, 9.17) is 0 Å². The van der Waals surface area contributed by atoms with Gasteiger partial charge in [0.1, 0.15) is 0 Å². The molecule has 1 saturated carbocycles. The first-order valence-electron chi connectivity index (χ1n) is 11.7. The van der Waals surface area contributed by atoms with Crippen LogP contribution in [0.2, 0.25) is 0 Å². The molecular formula is C24H38N4O. The molecule has 3 aliphatic rings. The Balaban J connectivity index is 1.11. The van der Waals surface area contributed by atoms with Crippen LogP contribution in [0.1, 0.15) is 31.2 Å². The molecule has 4 rings (SSSR count). The zero-order valence-corrected chi connectivity index (χ0v) is 18.0. The van der Waals surface area contributed by atoms with E-state index >= 15 is 0 Å². The summed E-state index contributed by atoms with van der Waals surface area (Å²) < 4.78 is 0. The lowest BCUT2D eigenvalue weighted by Crippen LogP contribution is -2.54. The van der Waals surface area contributed by atoms with Gasteiger partial charge < -0.3 is 9.80 Å². The van der Waals surface area contributed by atoms with Crippen molar-refractivity contribution in [1.82, 2.24) is 19.6 Å². The molecule has 2 heterocycles. The van der Waals surface area contributed by atoms with Crippen molar-refractivity contribution in [2.45, 2.75) is 32.1 Å². The van der Waals surface area contributed by atoms with Crippen LogP contribution >= 0.6 is 0 Å². The molecule has 3 fully saturated rings. The Labute approximate surface area is 176 Å². The largest absolute Gasteiger partial charge is 0.339 e. The van der Waals surface area contributed by atoms with Gasteiger partial charge in [-0.05, 0) is 30.7 Å². The van der Waals surface area contributed by atoms with E-state index in [0.29, 0.717) is 12.5 Å². The first-order chi connectivity index (χ1) is 14.3. The molecule has 2 saturated heterocycles. The van der Waals surface area contributed by atoms with Crippen LogP contribution in [-0.4, -0.2) is 97.5 Å². The summed E-state index contributed by atoms with van der Waals surface area (Å²) in [5.41, 5.74) is 1.41. The highest BCUT2D eigenvalue weighted by Crippen LogP contribution is 2.25. The zero-order chi connectivity index (χ0) is 19.9. The maximum absolute atomic E-state index is 12.8. The molecule has 0 unspecified atom stereocenters. The fourth-order valence-corrected chi connectivity index (χ4v) is 5.13. The Morgan fingerprint density at radius 1 is 0.793 bits per heavy atom. The topological polar surface area (TPSA) is 30.0 Å². The fourth-order valence-electron chi connectivity index (χ4n) is 5.13. The maximum Gasteiger partial charge on any atom is 0.236 e. The minimum Gasteiger partial charge on any atom is -0.339 e. The van der Waals surface area contributed by atoms with E-state index in [9.17, 15) is 4.79 Å². The molecule has 29 heavy (non-hydrogen) atoms. The van der Waals surface area contributed by atoms with E-state index in [-0.39, 0.29) is 0 Å². The molecule has 0 bridgehead atoms. The van der Waals surface area contributed by atoms with Gasteiger partial charge in [0.15, 0.2) is 0 Å². The van der Waals surface area contributed by atoms with E-state index < -0.39 is 0 Å². The average molecular weight is 399 g/mol. The van der Waals surface area contributed by atoms with Gasteiger partial charge in [-0.2, -0.15) is 0 Å². The summed E-state index contributed by atoms with van der Waals surface area (Å²) in [5.74, 6) is 1.25. The van der Waals surface area contributed by atoms with Crippen LogP contribution < -0.4 is 0 Å². The molecule has 1 aromatic carbocycles. The van der Waals surface area contributed by atoms with Crippen molar-refractivity contribution in [2.24, 2.45) is 5.92 Å². The Morgan fingerprint density at radius 3 is 2.10 bits per heavy atom. The Hall–Kier alpha value is -1.43. The second kappa shape index (κ2) is 10.6. The van der Waals surface area contributed by atoms with Crippen LogP contribution in [0.5, 0.6) is 0 Å². The number of hydrogen-bond donors (Lipinski definition) is 0. The number of carbonyl (C=O) groups is 1. The SMILES string of the molecule is O=C(CN1CCN(CCc2ccccc2)CC1)N1CCN(CC2CCCC2)CC1. The summed E-state index contributed by atoms with van der Waals surface area (Å²) in [4.78, 5) is 22.3. The molecule has 0 N–H and O–H groups in total. The van der Waals surface area contributed by atoms with Crippen molar-refractivity contribution in [3.8, 4) is 0 Å². The number of hydrogen-bond acceptors (Lipinski definition) is 4. The molecule has 0 atom stereocenters. The third-order valence-corrected chi connectivity index (χ3v) is 7.10. The van der Waals surface area contributed by atoms with Gasteiger partial charge in [0.25, 0.3) is 0 Å². The van der Waals surface area contributed by atoms with Crippen molar-refractivity contribution in [1.29, 1.82) is 0 Å². The molecule has 0 spiro atoms. The molecule has 0 aromatic heterocycles. The first-order valence-corrected chi connectivity index (χ1v) is 11.7. The second-order valence-electron chi connectivity index (χ2n) is 9.19. The Kier molecular flexibility index (Phi) is 7.58. The summed E-state index contributed by atoms with van der Waals surface area (Å²) >= 11 is 0. The quantitative estimate of drug-likeness (QED) is 0.704. The van der Waals surface area contributed by atoms with E-state index in [1.807, 2.05) is 0 Å². The second-order valence-corrected chi connectivity index (χ2v) is 9.19. The monoisotopic (exact) mass is 398 g/mol. The van der Waals surface area contributed by atoms with E-state index in [0.717, 1.165) is 71.2 Å². The molecule has 1 amide bonds. The molecule has 0 radical (unpaired) electrons. The first kappa shape index (κ1) is 20.8. The lowest BCUT2D eigenvalue weighted by atomic mass is 10.1. The van der Waals surface area contributed by atoms with E-state index in [1.165, 1.54) is 37.8 Å².